The predicted octanol–water partition coefficient (Wildman–Crippen LogP) is 1.48. The van der Waals surface area contributed by atoms with Gasteiger partial charge in [0.2, 0.25) is 5.91 Å². The van der Waals surface area contributed by atoms with Crippen LogP contribution in [0.5, 0.6) is 0 Å². The lowest BCUT2D eigenvalue weighted by molar-refractivity contribution is -0.126. The largest absolute Gasteiger partial charge is 0.356 e. The molecule has 1 unspecified atom stereocenters. The second-order valence-electron chi connectivity index (χ2n) is 6.21. The molecule has 3 N–H and O–H groups in total. The summed E-state index contributed by atoms with van der Waals surface area (Å²) >= 11 is 0. The molecule has 1 aliphatic rings. The normalized spacial score (nSPS) is 15.6. The van der Waals surface area contributed by atoms with Gasteiger partial charge in [-0.05, 0) is 35.2 Å². The van der Waals surface area contributed by atoms with E-state index in [9.17, 15) is 14.4 Å². The number of benzene rings is 2. The van der Waals surface area contributed by atoms with Crippen molar-refractivity contribution in [1.29, 1.82) is 5.26 Å². The summed E-state index contributed by atoms with van der Waals surface area (Å²) < 4.78 is 0. The molecule has 0 spiro atoms. The highest BCUT2D eigenvalue weighted by Gasteiger charge is 2.30. The molecule has 2 aromatic rings. The Morgan fingerprint density at radius 2 is 1.67 bits per heavy atom. The molecule has 1 atom stereocenters. The molecule has 1 fully saturated rings. The van der Waals surface area contributed by atoms with Crippen LogP contribution in [0.15, 0.2) is 48.5 Å². The molecule has 7 nitrogen and oxygen atoms in total. The summed E-state index contributed by atoms with van der Waals surface area (Å²) in [6.45, 7) is 0.442. The van der Waals surface area contributed by atoms with E-state index >= 15 is 0 Å². The molecule has 1 saturated heterocycles. The topological polar surface area (TPSA) is 111 Å². The van der Waals surface area contributed by atoms with Gasteiger partial charge in [0, 0.05) is 6.54 Å². The third kappa shape index (κ3) is 4.70. The third-order valence-electron chi connectivity index (χ3n) is 4.29. The van der Waals surface area contributed by atoms with Gasteiger partial charge in [-0.3, -0.25) is 14.9 Å². The molecule has 7 heteroatoms. The number of amides is 4. The monoisotopic (exact) mass is 362 g/mol. The van der Waals surface area contributed by atoms with Crippen LogP contribution in [0.1, 0.15) is 17.5 Å². The Labute approximate surface area is 156 Å². The third-order valence-corrected chi connectivity index (χ3v) is 4.29. The number of nitrogens with zero attached hydrogens (tertiary/aromatic N) is 1. The molecule has 4 amide bonds. The molecule has 1 aliphatic heterocycles. The maximum Gasteiger partial charge on any atom is 0.322 e. The van der Waals surface area contributed by atoms with E-state index in [1.807, 2.05) is 36.4 Å². The first-order valence-electron chi connectivity index (χ1n) is 8.52. The average Bonchev–Trinajstić information content (AvgIpc) is 2.99. The van der Waals surface area contributed by atoms with E-state index in [1.54, 1.807) is 12.1 Å². The first-order chi connectivity index (χ1) is 13.0. The van der Waals surface area contributed by atoms with Gasteiger partial charge in [0.05, 0.1) is 18.1 Å². The molecule has 3 rings (SSSR count). The second kappa shape index (κ2) is 8.15. The van der Waals surface area contributed by atoms with Gasteiger partial charge < -0.3 is 10.6 Å². The van der Waals surface area contributed by atoms with Gasteiger partial charge in [0.15, 0.2) is 0 Å². The van der Waals surface area contributed by atoms with Gasteiger partial charge in [-0.25, -0.2) is 4.79 Å². The summed E-state index contributed by atoms with van der Waals surface area (Å²) in [5.74, 6) is -0.764. The Hall–Kier alpha value is -3.66. The molecule has 0 bridgehead atoms. The van der Waals surface area contributed by atoms with Crippen molar-refractivity contribution in [3.05, 3.63) is 59.7 Å². The molecular weight excluding hydrogens is 344 g/mol. The zero-order valence-corrected chi connectivity index (χ0v) is 14.5. The van der Waals surface area contributed by atoms with Gasteiger partial charge in [0.25, 0.3) is 5.91 Å². The lowest BCUT2D eigenvalue weighted by Gasteiger charge is -2.09. The van der Waals surface area contributed by atoms with Crippen molar-refractivity contribution in [2.24, 2.45) is 0 Å². The average molecular weight is 362 g/mol. The van der Waals surface area contributed by atoms with Gasteiger partial charge in [-0.2, -0.15) is 5.26 Å². The van der Waals surface area contributed by atoms with Gasteiger partial charge in [0.1, 0.15) is 6.04 Å². The van der Waals surface area contributed by atoms with E-state index in [1.165, 1.54) is 0 Å². The lowest BCUT2D eigenvalue weighted by Crippen LogP contribution is -2.36. The van der Waals surface area contributed by atoms with E-state index in [0.29, 0.717) is 18.5 Å². The van der Waals surface area contributed by atoms with Crippen LogP contribution in [0, 0.1) is 11.3 Å². The summed E-state index contributed by atoms with van der Waals surface area (Å²) in [5.41, 5.74) is 3.78. The van der Waals surface area contributed by atoms with Crippen LogP contribution in [0.2, 0.25) is 0 Å². The number of imide groups is 1. The van der Waals surface area contributed by atoms with E-state index in [0.717, 1.165) is 16.7 Å². The molecular formula is C20H18N4O3. The van der Waals surface area contributed by atoms with Crippen LogP contribution >= 0.6 is 0 Å². The number of carbonyl (C=O) groups excluding carboxylic acids is 3. The summed E-state index contributed by atoms with van der Waals surface area (Å²) in [7, 11) is 0. The Balaban J connectivity index is 1.47. The summed E-state index contributed by atoms with van der Waals surface area (Å²) in [5, 5.41) is 16.1. The Kier molecular flexibility index (Phi) is 5.47. The molecule has 0 aliphatic carbocycles. The highest BCUT2D eigenvalue weighted by Crippen LogP contribution is 2.20. The minimum absolute atomic E-state index is 0.0742. The van der Waals surface area contributed by atoms with Crippen molar-refractivity contribution >= 4 is 17.8 Å². The summed E-state index contributed by atoms with van der Waals surface area (Å²) in [6, 6.07) is 16.1. The zero-order chi connectivity index (χ0) is 19.2. The quantitative estimate of drug-likeness (QED) is 0.676. The van der Waals surface area contributed by atoms with E-state index in [-0.39, 0.29) is 12.3 Å². The van der Waals surface area contributed by atoms with Crippen molar-refractivity contribution in [1.82, 2.24) is 16.0 Å². The molecule has 1 heterocycles. The fraction of sp³-hybridized carbons (Fsp3) is 0.200. The molecule has 27 heavy (non-hydrogen) atoms. The van der Waals surface area contributed by atoms with Crippen LogP contribution in [0.3, 0.4) is 0 Å². The van der Waals surface area contributed by atoms with Gasteiger partial charge >= 0.3 is 6.03 Å². The molecule has 0 aromatic heterocycles. The fourth-order valence-electron chi connectivity index (χ4n) is 2.81. The van der Waals surface area contributed by atoms with Crippen LogP contribution in [-0.2, 0) is 16.0 Å². The van der Waals surface area contributed by atoms with E-state index in [2.05, 4.69) is 22.0 Å². The van der Waals surface area contributed by atoms with E-state index in [4.69, 9.17) is 5.26 Å². The highest BCUT2D eigenvalue weighted by atomic mass is 16.2. The summed E-state index contributed by atoms with van der Waals surface area (Å²) in [4.78, 5) is 34.3. The second-order valence-corrected chi connectivity index (χ2v) is 6.21. The minimum atomic E-state index is -0.802. The number of rotatable bonds is 6. The Morgan fingerprint density at radius 1 is 1.04 bits per heavy atom. The molecule has 0 saturated carbocycles. The van der Waals surface area contributed by atoms with Crippen LogP contribution < -0.4 is 16.0 Å². The molecule has 0 radical (unpaired) electrons. The number of nitriles is 1. The SMILES string of the molecule is N#Cc1ccc(-c2ccc(CCNC(=O)CC3NC(=O)NC3=O)cc2)cc1. The van der Waals surface area contributed by atoms with Crippen molar-refractivity contribution < 1.29 is 14.4 Å². The van der Waals surface area contributed by atoms with Crippen LogP contribution in [0.4, 0.5) is 4.79 Å². The number of nitrogens with one attached hydrogen (secondary N) is 3. The molecule has 136 valence electrons. The predicted molar refractivity (Wildman–Crippen MR) is 98.4 cm³/mol. The fourth-order valence-corrected chi connectivity index (χ4v) is 2.81. The first kappa shape index (κ1) is 18.1. The smallest absolute Gasteiger partial charge is 0.322 e. The number of carbonyl (C=O) groups is 3. The minimum Gasteiger partial charge on any atom is -0.356 e. The number of urea groups is 1. The number of hydrogen-bond acceptors (Lipinski definition) is 4. The summed E-state index contributed by atoms with van der Waals surface area (Å²) in [6.07, 6.45) is 0.581. The maximum atomic E-state index is 11.9. The van der Waals surface area contributed by atoms with Crippen LogP contribution in [0.25, 0.3) is 11.1 Å². The highest BCUT2D eigenvalue weighted by molar-refractivity contribution is 6.05. The zero-order valence-electron chi connectivity index (χ0n) is 14.5. The Morgan fingerprint density at radius 3 is 2.22 bits per heavy atom. The standard InChI is InChI=1S/C20H18N4O3/c21-12-14-3-7-16(8-4-14)15-5-1-13(2-6-15)9-10-22-18(25)11-17-19(26)24-20(27)23-17/h1-8,17H,9-11H2,(H,22,25)(H2,23,24,26,27). The van der Waals surface area contributed by atoms with E-state index < -0.39 is 18.0 Å². The van der Waals surface area contributed by atoms with Crippen molar-refractivity contribution in [3.63, 3.8) is 0 Å². The van der Waals surface area contributed by atoms with Crippen molar-refractivity contribution in [2.45, 2.75) is 18.9 Å². The number of hydrogen-bond donors (Lipinski definition) is 3. The molecule has 2 aromatic carbocycles. The lowest BCUT2D eigenvalue weighted by atomic mass is 10.0. The van der Waals surface area contributed by atoms with Gasteiger partial charge in [-0.15, -0.1) is 0 Å². The maximum absolute atomic E-state index is 11.9. The van der Waals surface area contributed by atoms with Crippen molar-refractivity contribution in [3.8, 4) is 17.2 Å². The Bertz CT molecular complexity index is 898. The van der Waals surface area contributed by atoms with Crippen molar-refractivity contribution in [2.75, 3.05) is 6.54 Å². The van der Waals surface area contributed by atoms with Crippen LogP contribution in [-0.4, -0.2) is 30.4 Å². The first-order valence-corrected chi connectivity index (χ1v) is 8.52. The van der Waals surface area contributed by atoms with Gasteiger partial charge in [-0.1, -0.05) is 36.4 Å².